The number of rotatable bonds is 7. The zero-order valence-electron chi connectivity index (χ0n) is 13.1. The van der Waals surface area contributed by atoms with E-state index in [2.05, 4.69) is 44.7 Å². The number of aryl methyl sites for hydroxylation is 1. The van der Waals surface area contributed by atoms with Crippen molar-refractivity contribution in [3.05, 3.63) is 29.3 Å². The summed E-state index contributed by atoms with van der Waals surface area (Å²) in [5.74, 6) is 0.425. The summed E-state index contributed by atoms with van der Waals surface area (Å²) >= 11 is 0. The maximum Gasteiger partial charge on any atom is 0.120 e. The van der Waals surface area contributed by atoms with Crippen LogP contribution >= 0.6 is 0 Å². The fraction of sp³-hybridized carbons (Fsp3) is 0.647. The summed E-state index contributed by atoms with van der Waals surface area (Å²) in [4.78, 5) is 2.47. The highest BCUT2D eigenvalue weighted by molar-refractivity contribution is 5.37. The zero-order valence-corrected chi connectivity index (χ0v) is 13.1. The number of aromatic hydroxyl groups is 1. The van der Waals surface area contributed by atoms with E-state index < -0.39 is 0 Å². The maximum absolute atomic E-state index is 10.1. The Morgan fingerprint density at radius 1 is 1.16 bits per heavy atom. The molecule has 0 spiro atoms. The van der Waals surface area contributed by atoms with Crippen LogP contribution in [0.25, 0.3) is 0 Å². The van der Waals surface area contributed by atoms with Crippen LogP contribution in [0.5, 0.6) is 5.75 Å². The van der Waals surface area contributed by atoms with Crippen LogP contribution in [-0.2, 0) is 0 Å². The summed E-state index contributed by atoms with van der Waals surface area (Å²) in [6.45, 7) is 12.0. The second kappa shape index (κ2) is 7.54. The average Bonchev–Trinajstić information content (AvgIpc) is 2.33. The van der Waals surface area contributed by atoms with Crippen molar-refractivity contribution >= 4 is 0 Å². The van der Waals surface area contributed by atoms with Gasteiger partial charge < -0.3 is 5.11 Å². The number of phenols is 1. The molecule has 1 unspecified atom stereocenters. The number of phenolic OH excluding ortho intramolecular Hbond substituents is 1. The van der Waals surface area contributed by atoms with Gasteiger partial charge in [-0.1, -0.05) is 31.9 Å². The quantitative estimate of drug-likeness (QED) is 0.723. The molecule has 0 aliphatic carbocycles. The first-order valence-electron chi connectivity index (χ1n) is 7.52. The predicted octanol–water partition coefficient (Wildman–Crippen LogP) is 4.66. The second-order valence-corrected chi connectivity index (χ2v) is 5.78. The van der Waals surface area contributed by atoms with E-state index in [0.29, 0.717) is 11.8 Å². The minimum atomic E-state index is 0.262. The Kier molecular flexibility index (Phi) is 6.36. The summed E-state index contributed by atoms with van der Waals surface area (Å²) in [5.41, 5.74) is 2.14. The van der Waals surface area contributed by atoms with Crippen molar-refractivity contribution in [2.24, 2.45) is 0 Å². The minimum absolute atomic E-state index is 0.262. The van der Waals surface area contributed by atoms with Crippen molar-refractivity contribution in [3.63, 3.8) is 0 Å². The normalized spacial score (nSPS) is 13.2. The molecule has 1 aromatic carbocycles. The van der Waals surface area contributed by atoms with Crippen molar-refractivity contribution in [1.82, 2.24) is 4.90 Å². The number of nitrogens with zero attached hydrogens (tertiary/aromatic N) is 1. The van der Waals surface area contributed by atoms with E-state index in [0.717, 1.165) is 17.7 Å². The van der Waals surface area contributed by atoms with Gasteiger partial charge >= 0.3 is 0 Å². The van der Waals surface area contributed by atoms with E-state index in [4.69, 9.17) is 0 Å². The highest BCUT2D eigenvalue weighted by atomic mass is 16.3. The summed E-state index contributed by atoms with van der Waals surface area (Å²) in [5, 5.41) is 10.1. The molecule has 1 rings (SSSR count). The number of hydrogen-bond acceptors (Lipinski definition) is 2. The molecule has 0 amide bonds. The Bertz CT molecular complexity index is 387. The number of unbranched alkanes of at least 4 members (excludes halogenated alkanes) is 2. The molecule has 19 heavy (non-hydrogen) atoms. The molecule has 0 radical (unpaired) electrons. The Morgan fingerprint density at radius 2 is 1.84 bits per heavy atom. The number of hydrogen-bond donors (Lipinski definition) is 1. The molecule has 0 aliphatic heterocycles. The monoisotopic (exact) mass is 263 g/mol. The van der Waals surface area contributed by atoms with Crippen molar-refractivity contribution in [2.75, 3.05) is 6.54 Å². The summed E-state index contributed by atoms with van der Waals surface area (Å²) in [7, 11) is 0. The molecular weight excluding hydrogens is 234 g/mol. The molecule has 0 fully saturated rings. The second-order valence-electron chi connectivity index (χ2n) is 5.78. The van der Waals surface area contributed by atoms with Crippen LogP contribution in [-0.4, -0.2) is 22.6 Å². The van der Waals surface area contributed by atoms with Crippen LogP contribution < -0.4 is 0 Å². The Morgan fingerprint density at radius 3 is 2.37 bits per heavy atom. The standard InChI is InChI=1S/C17H29NO/c1-6-7-8-11-18(13(2)3)15(5)16-10-9-14(4)12-17(16)19/h9-10,12-13,15,19H,6-8,11H2,1-5H3. The summed E-state index contributed by atoms with van der Waals surface area (Å²) in [6.07, 6.45) is 3.75. The van der Waals surface area contributed by atoms with Gasteiger partial charge in [0.15, 0.2) is 0 Å². The van der Waals surface area contributed by atoms with Gasteiger partial charge in [-0.2, -0.15) is 0 Å². The summed E-state index contributed by atoms with van der Waals surface area (Å²) in [6, 6.07) is 6.75. The summed E-state index contributed by atoms with van der Waals surface area (Å²) < 4.78 is 0. The lowest BCUT2D eigenvalue weighted by molar-refractivity contribution is 0.159. The SMILES string of the molecule is CCCCCN(C(C)C)C(C)c1ccc(C)cc1O. The number of benzene rings is 1. The molecular formula is C17H29NO. The molecule has 0 saturated heterocycles. The van der Waals surface area contributed by atoms with Crippen LogP contribution in [0.15, 0.2) is 18.2 Å². The molecule has 2 heteroatoms. The van der Waals surface area contributed by atoms with Crippen molar-refractivity contribution in [3.8, 4) is 5.75 Å². The van der Waals surface area contributed by atoms with E-state index >= 15 is 0 Å². The molecule has 1 aromatic rings. The molecule has 0 bridgehead atoms. The maximum atomic E-state index is 10.1. The van der Waals surface area contributed by atoms with Crippen LogP contribution in [0.4, 0.5) is 0 Å². The van der Waals surface area contributed by atoms with Gasteiger partial charge in [0.05, 0.1) is 0 Å². The van der Waals surface area contributed by atoms with Crippen LogP contribution in [0.2, 0.25) is 0 Å². The molecule has 0 saturated carbocycles. The molecule has 2 nitrogen and oxygen atoms in total. The third kappa shape index (κ3) is 4.54. The van der Waals surface area contributed by atoms with Gasteiger partial charge in [-0.15, -0.1) is 0 Å². The fourth-order valence-corrected chi connectivity index (χ4v) is 2.63. The van der Waals surface area contributed by atoms with Gasteiger partial charge in [0, 0.05) is 17.6 Å². The van der Waals surface area contributed by atoms with Gasteiger partial charge in [-0.3, -0.25) is 4.90 Å². The van der Waals surface area contributed by atoms with Crippen molar-refractivity contribution in [1.29, 1.82) is 0 Å². The first kappa shape index (κ1) is 16.0. The topological polar surface area (TPSA) is 23.5 Å². The third-order valence-electron chi connectivity index (χ3n) is 3.82. The van der Waals surface area contributed by atoms with Gasteiger partial charge in [-0.05, 0) is 52.3 Å². The average molecular weight is 263 g/mol. The first-order valence-corrected chi connectivity index (χ1v) is 7.52. The van der Waals surface area contributed by atoms with E-state index in [9.17, 15) is 5.11 Å². The smallest absolute Gasteiger partial charge is 0.120 e. The highest BCUT2D eigenvalue weighted by Gasteiger charge is 2.20. The first-order chi connectivity index (χ1) is 8.97. The fourth-order valence-electron chi connectivity index (χ4n) is 2.63. The lowest BCUT2D eigenvalue weighted by Gasteiger charge is -2.33. The highest BCUT2D eigenvalue weighted by Crippen LogP contribution is 2.30. The lowest BCUT2D eigenvalue weighted by Crippen LogP contribution is -2.34. The van der Waals surface area contributed by atoms with E-state index in [-0.39, 0.29) is 6.04 Å². The molecule has 0 aliphatic rings. The van der Waals surface area contributed by atoms with Gasteiger partial charge in [0.25, 0.3) is 0 Å². The van der Waals surface area contributed by atoms with E-state index in [1.807, 2.05) is 13.0 Å². The molecule has 0 aromatic heterocycles. The van der Waals surface area contributed by atoms with Crippen molar-refractivity contribution < 1.29 is 5.11 Å². The molecule has 108 valence electrons. The van der Waals surface area contributed by atoms with Gasteiger partial charge in [-0.25, -0.2) is 0 Å². The van der Waals surface area contributed by atoms with E-state index in [1.54, 1.807) is 0 Å². The molecule has 1 N–H and O–H groups in total. The Hall–Kier alpha value is -1.02. The minimum Gasteiger partial charge on any atom is -0.508 e. The largest absolute Gasteiger partial charge is 0.508 e. The molecule has 0 heterocycles. The molecule has 1 atom stereocenters. The lowest BCUT2D eigenvalue weighted by atomic mass is 10.0. The van der Waals surface area contributed by atoms with E-state index in [1.165, 1.54) is 19.3 Å². The van der Waals surface area contributed by atoms with Crippen LogP contribution in [0.3, 0.4) is 0 Å². The van der Waals surface area contributed by atoms with Gasteiger partial charge in [0.1, 0.15) is 5.75 Å². The predicted molar refractivity (Wildman–Crippen MR) is 82.6 cm³/mol. The Labute approximate surface area is 118 Å². The Balaban J connectivity index is 2.83. The van der Waals surface area contributed by atoms with Gasteiger partial charge in [0.2, 0.25) is 0 Å². The van der Waals surface area contributed by atoms with Crippen LogP contribution in [0, 0.1) is 6.92 Å². The third-order valence-corrected chi connectivity index (χ3v) is 3.82. The van der Waals surface area contributed by atoms with Crippen molar-refractivity contribution in [2.45, 2.75) is 66.0 Å². The zero-order chi connectivity index (χ0) is 14.4. The van der Waals surface area contributed by atoms with Crippen LogP contribution in [0.1, 0.15) is 64.1 Å².